The van der Waals surface area contributed by atoms with Crippen molar-refractivity contribution in [1.82, 2.24) is 0 Å². The maximum absolute atomic E-state index is 13.6. The van der Waals surface area contributed by atoms with Gasteiger partial charge in [-0.25, -0.2) is 4.39 Å². The van der Waals surface area contributed by atoms with E-state index in [1.807, 2.05) is 0 Å². The molecule has 0 spiro atoms. The van der Waals surface area contributed by atoms with Gasteiger partial charge < -0.3 is 15.8 Å². The zero-order valence-corrected chi connectivity index (χ0v) is 10.9. The van der Waals surface area contributed by atoms with Crippen LogP contribution in [0.2, 0.25) is 0 Å². The molecule has 5 heteroatoms. The second kappa shape index (κ2) is 6.11. The van der Waals surface area contributed by atoms with E-state index in [9.17, 15) is 4.39 Å². The van der Waals surface area contributed by atoms with Crippen LogP contribution in [0.25, 0.3) is 0 Å². The third-order valence-electron chi connectivity index (χ3n) is 3.04. The number of thiocarbonyl (C=S) groups is 1. The Hall–Kier alpha value is -1.20. The van der Waals surface area contributed by atoms with Gasteiger partial charge in [0.05, 0.1) is 6.10 Å². The van der Waals surface area contributed by atoms with E-state index >= 15 is 0 Å². The summed E-state index contributed by atoms with van der Waals surface area (Å²) < 4.78 is 19.2. The first-order valence-corrected chi connectivity index (χ1v) is 6.52. The van der Waals surface area contributed by atoms with Crippen molar-refractivity contribution >= 4 is 22.9 Å². The minimum Gasteiger partial charge on any atom is -0.389 e. The van der Waals surface area contributed by atoms with Crippen molar-refractivity contribution in [2.24, 2.45) is 5.73 Å². The average Bonchev–Trinajstić information content (AvgIpc) is 2.37. The van der Waals surface area contributed by atoms with Crippen LogP contribution in [-0.4, -0.2) is 24.2 Å². The molecular weight excluding hydrogens is 251 g/mol. The van der Waals surface area contributed by atoms with Gasteiger partial charge in [-0.2, -0.15) is 0 Å². The summed E-state index contributed by atoms with van der Waals surface area (Å²) in [4.78, 5) is 0.0784. The third-order valence-corrected chi connectivity index (χ3v) is 3.26. The Morgan fingerprint density at radius 2 is 2.33 bits per heavy atom. The highest BCUT2D eigenvalue weighted by Gasteiger charge is 2.13. The zero-order valence-electron chi connectivity index (χ0n) is 10.1. The topological polar surface area (TPSA) is 47.3 Å². The van der Waals surface area contributed by atoms with Crippen LogP contribution in [0.5, 0.6) is 0 Å². The number of ether oxygens (including phenoxy) is 1. The molecule has 1 saturated heterocycles. The molecule has 1 aliphatic heterocycles. The SMILES string of the molecule is NC(=S)c1ccc(NCC2CCCCO2)cc1F. The molecule has 1 aromatic rings. The monoisotopic (exact) mass is 268 g/mol. The van der Waals surface area contributed by atoms with Crippen molar-refractivity contribution in [3.8, 4) is 0 Å². The van der Waals surface area contributed by atoms with E-state index in [0.717, 1.165) is 25.1 Å². The molecule has 18 heavy (non-hydrogen) atoms. The quantitative estimate of drug-likeness (QED) is 0.823. The van der Waals surface area contributed by atoms with E-state index in [-0.39, 0.29) is 16.7 Å². The zero-order chi connectivity index (χ0) is 13.0. The van der Waals surface area contributed by atoms with Gasteiger partial charge in [-0.1, -0.05) is 12.2 Å². The van der Waals surface area contributed by atoms with Gasteiger partial charge in [0, 0.05) is 24.4 Å². The fourth-order valence-corrected chi connectivity index (χ4v) is 2.19. The van der Waals surface area contributed by atoms with Crippen LogP contribution in [0.1, 0.15) is 24.8 Å². The van der Waals surface area contributed by atoms with Gasteiger partial charge in [0.15, 0.2) is 0 Å². The lowest BCUT2D eigenvalue weighted by Crippen LogP contribution is -2.27. The number of hydrogen-bond acceptors (Lipinski definition) is 3. The van der Waals surface area contributed by atoms with Crippen LogP contribution in [-0.2, 0) is 4.74 Å². The summed E-state index contributed by atoms with van der Waals surface area (Å²) in [5.41, 5.74) is 6.41. The van der Waals surface area contributed by atoms with E-state index in [0.29, 0.717) is 6.54 Å². The minimum atomic E-state index is -0.392. The Morgan fingerprint density at radius 1 is 1.50 bits per heavy atom. The van der Waals surface area contributed by atoms with Crippen LogP contribution in [0.4, 0.5) is 10.1 Å². The molecule has 1 aromatic carbocycles. The van der Waals surface area contributed by atoms with Crippen LogP contribution >= 0.6 is 12.2 Å². The number of hydrogen-bond donors (Lipinski definition) is 2. The molecule has 0 radical (unpaired) electrons. The van der Waals surface area contributed by atoms with Crippen molar-refractivity contribution in [2.75, 3.05) is 18.5 Å². The van der Waals surface area contributed by atoms with Gasteiger partial charge in [-0.15, -0.1) is 0 Å². The molecule has 98 valence electrons. The van der Waals surface area contributed by atoms with Crippen molar-refractivity contribution < 1.29 is 9.13 Å². The number of halogens is 1. The van der Waals surface area contributed by atoms with E-state index < -0.39 is 5.82 Å². The summed E-state index contributed by atoms with van der Waals surface area (Å²) in [6.45, 7) is 1.52. The minimum absolute atomic E-state index is 0.0784. The Kier molecular flexibility index (Phi) is 4.49. The van der Waals surface area contributed by atoms with Crippen molar-refractivity contribution in [1.29, 1.82) is 0 Å². The summed E-state index contributed by atoms with van der Waals surface area (Å²) in [5, 5.41) is 3.17. The van der Waals surface area contributed by atoms with Crippen molar-refractivity contribution in [3.63, 3.8) is 0 Å². The standard InChI is InChI=1S/C13H17FN2OS/c14-12-7-9(4-5-11(12)13(15)18)16-8-10-3-1-2-6-17-10/h4-5,7,10,16H,1-3,6,8H2,(H2,15,18). The highest BCUT2D eigenvalue weighted by atomic mass is 32.1. The Morgan fingerprint density at radius 3 is 2.94 bits per heavy atom. The Balaban J connectivity index is 1.93. The number of anilines is 1. The second-order valence-corrected chi connectivity index (χ2v) is 4.87. The van der Waals surface area contributed by atoms with Crippen molar-refractivity contribution in [3.05, 3.63) is 29.6 Å². The van der Waals surface area contributed by atoms with E-state index in [1.165, 1.54) is 12.5 Å². The summed E-state index contributed by atoms with van der Waals surface area (Å²) in [6, 6.07) is 4.79. The van der Waals surface area contributed by atoms with Gasteiger partial charge >= 0.3 is 0 Å². The maximum atomic E-state index is 13.6. The normalized spacial score (nSPS) is 19.5. The van der Waals surface area contributed by atoms with E-state index in [2.05, 4.69) is 5.32 Å². The third kappa shape index (κ3) is 3.40. The van der Waals surface area contributed by atoms with Crippen LogP contribution < -0.4 is 11.1 Å². The van der Waals surface area contributed by atoms with Gasteiger partial charge in [-0.3, -0.25) is 0 Å². The first-order valence-electron chi connectivity index (χ1n) is 6.11. The number of nitrogens with two attached hydrogens (primary N) is 1. The maximum Gasteiger partial charge on any atom is 0.135 e. The molecule has 3 N–H and O–H groups in total. The molecule has 0 bridgehead atoms. The van der Waals surface area contributed by atoms with Crippen LogP contribution in [0.15, 0.2) is 18.2 Å². The Labute approximate surface area is 112 Å². The molecule has 1 heterocycles. The highest BCUT2D eigenvalue weighted by molar-refractivity contribution is 7.80. The molecule has 0 aromatic heterocycles. The largest absolute Gasteiger partial charge is 0.389 e. The lowest BCUT2D eigenvalue weighted by molar-refractivity contribution is 0.0247. The first-order chi connectivity index (χ1) is 8.66. The van der Waals surface area contributed by atoms with Gasteiger partial charge in [-0.05, 0) is 37.5 Å². The molecule has 3 nitrogen and oxygen atoms in total. The molecule has 1 fully saturated rings. The summed E-state index contributed by atoms with van der Waals surface area (Å²) in [6.07, 6.45) is 3.60. The fraction of sp³-hybridized carbons (Fsp3) is 0.462. The summed E-state index contributed by atoms with van der Waals surface area (Å²) >= 11 is 4.76. The predicted octanol–water partition coefficient (Wildman–Crippen LogP) is 2.44. The van der Waals surface area contributed by atoms with Crippen LogP contribution in [0, 0.1) is 5.82 Å². The fourth-order valence-electron chi connectivity index (χ4n) is 2.02. The molecule has 2 rings (SSSR count). The molecule has 0 amide bonds. The average molecular weight is 268 g/mol. The lowest BCUT2D eigenvalue weighted by Gasteiger charge is -2.23. The number of nitrogens with one attached hydrogen (secondary N) is 1. The molecule has 1 aliphatic rings. The number of rotatable bonds is 4. The number of benzene rings is 1. The van der Waals surface area contributed by atoms with Gasteiger partial charge in [0.1, 0.15) is 10.8 Å². The smallest absolute Gasteiger partial charge is 0.135 e. The van der Waals surface area contributed by atoms with Crippen LogP contribution in [0.3, 0.4) is 0 Å². The van der Waals surface area contributed by atoms with Gasteiger partial charge in [0.2, 0.25) is 0 Å². The molecular formula is C13H17FN2OS. The Bertz CT molecular complexity index is 433. The summed E-state index contributed by atoms with van der Waals surface area (Å²) in [5.74, 6) is -0.392. The van der Waals surface area contributed by atoms with E-state index in [4.69, 9.17) is 22.7 Å². The molecule has 0 saturated carbocycles. The first kappa shape index (κ1) is 13.2. The highest BCUT2D eigenvalue weighted by Crippen LogP contribution is 2.17. The molecule has 1 unspecified atom stereocenters. The lowest BCUT2D eigenvalue weighted by atomic mass is 10.1. The predicted molar refractivity (Wildman–Crippen MR) is 74.4 cm³/mol. The second-order valence-electron chi connectivity index (χ2n) is 4.43. The molecule has 0 aliphatic carbocycles. The molecule has 1 atom stereocenters. The van der Waals surface area contributed by atoms with E-state index in [1.54, 1.807) is 12.1 Å². The van der Waals surface area contributed by atoms with Gasteiger partial charge in [0.25, 0.3) is 0 Å². The van der Waals surface area contributed by atoms with Crippen molar-refractivity contribution in [2.45, 2.75) is 25.4 Å². The summed E-state index contributed by atoms with van der Waals surface area (Å²) in [7, 11) is 0.